The molecule has 3 aromatic rings. The van der Waals surface area contributed by atoms with E-state index >= 15 is 0 Å². The number of nitrogens with zero attached hydrogens (tertiary/aromatic N) is 4. The highest BCUT2D eigenvalue weighted by molar-refractivity contribution is 5.91. The van der Waals surface area contributed by atoms with Crippen LogP contribution in [-0.4, -0.2) is 49.5 Å². The topological polar surface area (TPSA) is 95.0 Å². The first-order valence-corrected chi connectivity index (χ1v) is 7.85. The minimum absolute atomic E-state index is 0.0130. The molecule has 1 aliphatic rings. The molecular weight excluding hydrogens is 306 g/mol. The van der Waals surface area contributed by atoms with Crippen molar-refractivity contribution in [1.82, 2.24) is 19.9 Å². The molecule has 4 rings (SSSR count). The van der Waals surface area contributed by atoms with Crippen molar-refractivity contribution in [3.63, 3.8) is 0 Å². The van der Waals surface area contributed by atoms with Crippen molar-refractivity contribution >= 4 is 22.8 Å². The maximum atomic E-state index is 12.0. The molecule has 7 nitrogen and oxygen atoms in total. The molecule has 24 heavy (non-hydrogen) atoms. The van der Waals surface area contributed by atoms with Crippen LogP contribution in [0.25, 0.3) is 22.6 Å². The zero-order valence-electron chi connectivity index (χ0n) is 13.2. The van der Waals surface area contributed by atoms with E-state index in [1.807, 2.05) is 35.2 Å². The number of aromatic nitrogens is 4. The first kappa shape index (κ1) is 14.8. The van der Waals surface area contributed by atoms with E-state index in [1.165, 1.54) is 0 Å². The number of β-amino-alcohol motifs (C(OH)–C–C–N with tert-alkyl or cyclic N) is 1. The van der Waals surface area contributed by atoms with Crippen LogP contribution in [0.5, 0.6) is 0 Å². The molecule has 7 heteroatoms. The summed E-state index contributed by atoms with van der Waals surface area (Å²) in [7, 11) is 0. The summed E-state index contributed by atoms with van der Waals surface area (Å²) in [6.07, 6.45) is 1.43. The molecule has 1 saturated heterocycles. The number of aliphatic hydroxyl groups excluding tert-OH is 1. The van der Waals surface area contributed by atoms with Crippen LogP contribution in [-0.2, 0) is 4.79 Å². The van der Waals surface area contributed by atoms with E-state index < -0.39 is 6.10 Å². The number of H-pyrrole nitrogens is 1. The van der Waals surface area contributed by atoms with Gasteiger partial charge in [0, 0.05) is 18.5 Å². The second-order valence-corrected chi connectivity index (χ2v) is 6.01. The Bertz CT molecular complexity index is 892. The van der Waals surface area contributed by atoms with Gasteiger partial charge in [-0.3, -0.25) is 4.79 Å². The lowest BCUT2D eigenvalue weighted by atomic mass is 10.1. The first-order valence-electron chi connectivity index (χ1n) is 7.85. The molecule has 0 unspecified atom stereocenters. The minimum Gasteiger partial charge on any atom is -0.391 e. The number of Topliss-reactive ketones (excluding diaryl/α,β-unsaturated/α-hetero) is 1. The van der Waals surface area contributed by atoms with E-state index in [2.05, 4.69) is 19.9 Å². The number of anilines is 1. The molecule has 0 spiro atoms. The number of aliphatic hydroxyl groups is 1. The molecule has 0 saturated carbocycles. The van der Waals surface area contributed by atoms with Crippen LogP contribution in [0.4, 0.5) is 5.82 Å². The Morgan fingerprint density at radius 2 is 2.08 bits per heavy atom. The normalized spacial score (nSPS) is 20.7. The van der Waals surface area contributed by atoms with Crippen LogP contribution in [0.15, 0.2) is 36.7 Å². The van der Waals surface area contributed by atoms with Crippen LogP contribution in [0.1, 0.15) is 13.3 Å². The van der Waals surface area contributed by atoms with Crippen molar-refractivity contribution in [3.8, 4) is 11.4 Å². The fourth-order valence-electron chi connectivity index (χ4n) is 3.18. The number of benzene rings is 1. The number of imidazole rings is 1. The molecule has 0 radical (unpaired) electrons. The molecule has 3 heterocycles. The SMILES string of the molecule is CC(=O)[C@@H]1C[C@H](O)CN1c1nc(-c2ccccc2)nc2nc[nH]c12. The van der Waals surface area contributed by atoms with Gasteiger partial charge in [-0.15, -0.1) is 0 Å². The second kappa shape index (κ2) is 5.68. The van der Waals surface area contributed by atoms with E-state index in [9.17, 15) is 9.90 Å². The quantitative estimate of drug-likeness (QED) is 0.759. The van der Waals surface area contributed by atoms with Gasteiger partial charge in [0.2, 0.25) is 0 Å². The molecule has 1 aliphatic heterocycles. The van der Waals surface area contributed by atoms with Crippen molar-refractivity contribution < 1.29 is 9.90 Å². The van der Waals surface area contributed by atoms with Crippen molar-refractivity contribution in [3.05, 3.63) is 36.7 Å². The van der Waals surface area contributed by atoms with Crippen LogP contribution in [0.2, 0.25) is 0 Å². The smallest absolute Gasteiger partial charge is 0.183 e. The molecular formula is C17H17N5O2. The van der Waals surface area contributed by atoms with E-state index in [4.69, 9.17) is 0 Å². The van der Waals surface area contributed by atoms with Gasteiger partial charge < -0.3 is 15.0 Å². The molecule has 122 valence electrons. The summed E-state index contributed by atoms with van der Waals surface area (Å²) < 4.78 is 0. The zero-order valence-corrected chi connectivity index (χ0v) is 13.2. The maximum Gasteiger partial charge on any atom is 0.183 e. The van der Waals surface area contributed by atoms with Crippen LogP contribution >= 0.6 is 0 Å². The molecule has 1 fully saturated rings. The summed E-state index contributed by atoms with van der Waals surface area (Å²) in [5, 5.41) is 10.0. The number of carbonyl (C=O) groups excluding carboxylic acids is 1. The summed E-state index contributed by atoms with van der Waals surface area (Å²) in [6.45, 7) is 1.91. The van der Waals surface area contributed by atoms with Gasteiger partial charge in [-0.2, -0.15) is 0 Å². The van der Waals surface area contributed by atoms with Gasteiger partial charge in [-0.25, -0.2) is 15.0 Å². The minimum atomic E-state index is -0.549. The number of hydrogen-bond acceptors (Lipinski definition) is 6. The predicted octanol–water partition coefficient (Wildman–Crippen LogP) is 1.55. The number of ketones is 1. The van der Waals surface area contributed by atoms with Gasteiger partial charge in [-0.1, -0.05) is 30.3 Å². The number of aromatic amines is 1. The van der Waals surface area contributed by atoms with Crippen molar-refractivity contribution in [1.29, 1.82) is 0 Å². The zero-order chi connectivity index (χ0) is 16.7. The third kappa shape index (κ3) is 2.43. The van der Waals surface area contributed by atoms with Gasteiger partial charge in [-0.05, 0) is 6.92 Å². The average Bonchev–Trinajstić information content (AvgIpc) is 3.21. The van der Waals surface area contributed by atoms with Crippen molar-refractivity contribution in [2.45, 2.75) is 25.5 Å². The van der Waals surface area contributed by atoms with Gasteiger partial charge >= 0.3 is 0 Å². The summed E-state index contributed by atoms with van der Waals surface area (Å²) >= 11 is 0. The molecule has 1 aromatic carbocycles. The first-order chi connectivity index (χ1) is 11.6. The third-order valence-corrected chi connectivity index (χ3v) is 4.32. The average molecular weight is 323 g/mol. The summed E-state index contributed by atoms with van der Waals surface area (Å²) in [5.41, 5.74) is 2.10. The lowest BCUT2D eigenvalue weighted by Gasteiger charge is -2.24. The Morgan fingerprint density at radius 1 is 1.29 bits per heavy atom. The van der Waals surface area contributed by atoms with E-state index in [-0.39, 0.29) is 11.8 Å². The van der Waals surface area contributed by atoms with E-state index in [0.29, 0.717) is 35.8 Å². The van der Waals surface area contributed by atoms with Crippen molar-refractivity contribution in [2.75, 3.05) is 11.4 Å². The van der Waals surface area contributed by atoms with Crippen LogP contribution < -0.4 is 4.90 Å². The summed E-state index contributed by atoms with van der Waals surface area (Å²) in [4.78, 5) is 30.3. The largest absolute Gasteiger partial charge is 0.391 e. The van der Waals surface area contributed by atoms with Crippen LogP contribution in [0.3, 0.4) is 0 Å². The Balaban J connectivity index is 1.88. The molecule has 0 amide bonds. The Morgan fingerprint density at radius 3 is 2.83 bits per heavy atom. The Hall–Kier alpha value is -2.80. The molecule has 2 atom stereocenters. The molecule has 0 bridgehead atoms. The second-order valence-electron chi connectivity index (χ2n) is 6.01. The molecule has 2 N–H and O–H groups in total. The highest BCUT2D eigenvalue weighted by atomic mass is 16.3. The lowest BCUT2D eigenvalue weighted by Crippen LogP contribution is -2.35. The number of nitrogens with one attached hydrogen (secondary N) is 1. The number of fused-ring (bicyclic) bond motifs is 1. The Kier molecular flexibility index (Phi) is 3.50. The Labute approximate surface area is 138 Å². The predicted molar refractivity (Wildman–Crippen MR) is 89.6 cm³/mol. The summed E-state index contributed by atoms with van der Waals surface area (Å²) in [5.74, 6) is 1.17. The number of carbonyl (C=O) groups is 1. The van der Waals surface area contributed by atoms with Crippen molar-refractivity contribution in [2.24, 2.45) is 0 Å². The van der Waals surface area contributed by atoms with Gasteiger partial charge in [0.15, 0.2) is 23.1 Å². The molecule has 0 aliphatic carbocycles. The monoisotopic (exact) mass is 323 g/mol. The fourth-order valence-corrected chi connectivity index (χ4v) is 3.18. The maximum absolute atomic E-state index is 12.0. The highest BCUT2D eigenvalue weighted by Gasteiger charge is 2.36. The summed E-state index contributed by atoms with van der Waals surface area (Å²) in [6, 6.07) is 9.25. The van der Waals surface area contributed by atoms with Crippen LogP contribution in [0, 0.1) is 0 Å². The van der Waals surface area contributed by atoms with Gasteiger partial charge in [0.1, 0.15) is 5.52 Å². The number of rotatable bonds is 3. The third-order valence-electron chi connectivity index (χ3n) is 4.32. The van der Waals surface area contributed by atoms with Gasteiger partial charge in [0.05, 0.1) is 18.5 Å². The fraction of sp³-hybridized carbons (Fsp3) is 0.294. The van der Waals surface area contributed by atoms with E-state index in [0.717, 1.165) is 5.56 Å². The lowest BCUT2D eigenvalue weighted by molar-refractivity contribution is -0.118. The standard InChI is InChI=1S/C17H17N5O2/c1-10(23)13-7-12(24)8-22(13)17-14-16(19-9-18-14)20-15(21-17)11-5-3-2-4-6-11/h2-6,9,12-13,24H,7-8H2,1H3,(H,18,19,20,21)/t12-,13-/m0/s1. The van der Waals surface area contributed by atoms with E-state index in [1.54, 1.807) is 13.3 Å². The molecule has 2 aromatic heterocycles. The highest BCUT2D eigenvalue weighted by Crippen LogP contribution is 2.31. The number of hydrogen-bond donors (Lipinski definition) is 2. The van der Waals surface area contributed by atoms with Gasteiger partial charge in [0.25, 0.3) is 0 Å².